The van der Waals surface area contributed by atoms with Crippen molar-refractivity contribution in [1.29, 1.82) is 0 Å². The molecule has 0 aliphatic rings. The van der Waals surface area contributed by atoms with Crippen molar-refractivity contribution in [2.24, 2.45) is 0 Å². The van der Waals surface area contributed by atoms with Crippen LogP contribution in [-0.4, -0.2) is 22.3 Å². The van der Waals surface area contributed by atoms with Crippen LogP contribution in [0.25, 0.3) is 0 Å². The molecule has 0 aliphatic carbocycles. The van der Waals surface area contributed by atoms with Crippen LogP contribution in [0.2, 0.25) is 0 Å². The van der Waals surface area contributed by atoms with Crippen LogP contribution in [-0.2, 0) is 6.54 Å². The summed E-state index contributed by atoms with van der Waals surface area (Å²) in [5.41, 5.74) is 1.42. The van der Waals surface area contributed by atoms with Gasteiger partial charge in [-0.2, -0.15) is 0 Å². The number of carbonyl (C=O) groups is 1. The van der Waals surface area contributed by atoms with Gasteiger partial charge in [-0.05, 0) is 30.7 Å². The molecular weight excluding hydrogens is 348 g/mol. The van der Waals surface area contributed by atoms with Gasteiger partial charge in [0, 0.05) is 19.3 Å². The summed E-state index contributed by atoms with van der Waals surface area (Å²) in [5, 5.41) is 2.66. The summed E-state index contributed by atoms with van der Waals surface area (Å²) in [4.78, 5) is 18.5. The van der Waals surface area contributed by atoms with E-state index in [4.69, 9.17) is 0 Å². The van der Waals surface area contributed by atoms with E-state index in [2.05, 4.69) is 10.3 Å². The summed E-state index contributed by atoms with van der Waals surface area (Å²) in [6.45, 7) is 2.88. The van der Waals surface area contributed by atoms with Crippen molar-refractivity contribution >= 4 is 17.3 Å². The van der Waals surface area contributed by atoms with Crippen LogP contribution in [0.5, 0.6) is 0 Å². The molecule has 0 unspecified atom stereocenters. The largest absolute Gasteiger partial charge is 0.349 e. The second kappa shape index (κ2) is 8.40. The van der Waals surface area contributed by atoms with Gasteiger partial charge in [0.05, 0.1) is 17.4 Å². The van der Waals surface area contributed by atoms with E-state index >= 15 is 0 Å². The smallest absolute Gasteiger partial charge is 0.255 e. The minimum atomic E-state index is -0.717. The molecule has 4 nitrogen and oxygen atoms in total. The van der Waals surface area contributed by atoms with Crippen LogP contribution in [0.15, 0.2) is 67.0 Å². The monoisotopic (exact) mass is 367 g/mol. The van der Waals surface area contributed by atoms with E-state index < -0.39 is 11.6 Å². The first kappa shape index (κ1) is 18.5. The number of hydrogen-bond acceptors (Lipinski definition) is 3. The Morgan fingerprint density at radius 1 is 1.04 bits per heavy atom. The van der Waals surface area contributed by atoms with E-state index in [0.717, 1.165) is 17.7 Å². The van der Waals surface area contributed by atoms with Crippen LogP contribution in [0.1, 0.15) is 22.8 Å². The SMILES string of the molecule is CCN(Cc1ccccc1)C(=O)c1cncc(Nc2c(F)cccc2F)c1. The lowest BCUT2D eigenvalue weighted by Gasteiger charge is -2.21. The van der Waals surface area contributed by atoms with E-state index in [9.17, 15) is 13.6 Å². The summed E-state index contributed by atoms with van der Waals surface area (Å²) >= 11 is 0. The van der Waals surface area contributed by atoms with Gasteiger partial charge in [-0.1, -0.05) is 36.4 Å². The number of anilines is 2. The Morgan fingerprint density at radius 2 is 1.74 bits per heavy atom. The molecule has 0 saturated heterocycles. The number of nitrogens with one attached hydrogen (secondary N) is 1. The topological polar surface area (TPSA) is 45.2 Å². The highest BCUT2D eigenvalue weighted by atomic mass is 19.1. The maximum atomic E-state index is 13.8. The molecule has 0 saturated carbocycles. The molecule has 138 valence electrons. The maximum absolute atomic E-state index is 13.8. The molecule has 27 heavy (non-hydrogen) atoms. The zero-order valence-electron chi connectivity index (χ0n) is 14.8. The highest BCUT2D eigenvalue weighted by Crippen LogP contribution is 2.23. The number of pyridine rings is 1. The number of halogens is 2. The van der Waals surface area contributed by atoms with Crippen molar-refractivity contribution in [3.63, 3.8) is 0 Å². The van der Waals surface area contributed by atoms with Gasteiger partial charge in [0.25, 0.3) is 5.91 Å². The number of para-hydroxylation sites is 1. The predicted octanol–water partition coefficient (Wildman–Crippen LogP) is 4.77. The van der Waals surface area contributed by atoms with Crippen LogP contribution in [0.3, 0.4) is 0 Å². The standard InChI is InChI=1S/C21H19F2N3O/c1-2-26(14-15-7-4-3-5-8-15)21(27)16-11-17(13-24-12-16)25-20-18(22)9-6-10-19(20)23/h3-13,25H,2,14H2,1H3. The minimum absolute atomic E-state index is 0.202. The molecule has 6 heteroatoms. The lowest BCUT2D eigenvalue weighted by Crippen LogP contribution is -2.30. The molecule has 0 fully saturated rings. The normalized spacial score (nSPS) is 10.5. The minimum Gasteiger partial charge on any atom is -0.349 e. The fourth-order valence-electron chi connectivity index (χ4n) is 2.70. The number of amides is 1. The van der Waals surface area contributed by atoms with Crippen molar-refractivity contribution < 1.29 is 13.6 Å². The van der Waals surface area contributed by atoms with Gasteiger partial charge in [-0.15, -0.1) is 0 Å². The molecule has 3 aromatic rings. The van der Waals surface area contributed by atoms with Gasteiger partial charge in [-0.3, -0.25) is 9.78 Å². The van der Waals surface area contributed by atoms with E-state index in [1.807, 2.05) is 37.3 Å². The van der Waals surface area contributed by atoms with Crippen LogP contribution >= 0.6 is 0 Å². The Kier molecular flexibility index (Phi) is 5.76. The first-order chi connectivity index (χ1) is 13.1. The van der Waals surface area contributed by atoms with Crippen molar-refractivity contribution in [2.45, 2.75) is 13.5 Å². The van der Waals surface area contributed by atoms with E-state index in [1.165, 1.54) is 24.5 Å². The molecule has 1 aromatic heterocycles. The Hall–Kier alpha value is -3.28. The van der Waals surface area contributed by atoms with Gasteiger partial charge in [-0.25, -0.2) is 8.78 Å². The molecule has 0 bridgehead atoms. The number of aromatic nitrogens is 1. The Balaban J connectivity index is 1.80. The highest BCUT2D eigenvalue weighted by Gasteiger charge is 2.16. The fourth-order valence-corrected chi connectivity index (χ4v) is 2.70. The first-order valence-corrected chi connectivity index (χ1v) is 8.57. The summed E-state index contributed by atoms with van der Waals surface area (Å²) in [7, 11) is 0. The molecule has 1 N–H and O–H groups in total. The zero-order valence-corrected chi connectivity index (χ0v) is 14.8. The number of benzene rings is 2. The average molecular weight is 367 g/mol. The van der Waals surface area contributed by atoms with Crippen LogP contribution < -0.4 is 5.32 Å². The second-order valence-electron chi connectivity index (χ2n) is 5.99. The van der Waals surface area contributed by atoms with Crippen molar-refractivity contribution in [2.75, 3.05) is 11.9 Å². The third-order valence-corrected chi connectivity index (χ3v) is 4.10. The van der Waals surface area contributed by atoms with Gasteiger partial charge < -0.3 is 10.2 Å². The zero-order chi connectivity index (χ0) is 19.2. The van der Waals surface area contributed by atoms with Crippen molar-refractivity contribution in [3.8, 4) is 0 Å². The van der Waals surface area contributed by atoms with E-state index in [1.54, 1.807) is 4.90 Å². The molecule has 2 aromatic carbocycles. The Labute approximate surface area is 156 Å². The molecule has 1 amide bonds. The van der Waals surface area contributed by atoms with Crippen molar-refractivity contribution in [1.82, 2.24) is 9.88 Å². The average Bonchev–Trinajstić information content (AvgIpc) is 2.69. The van der Waals surface area contributed by atoms with Gasteiger partial charge in [0.1, 0.15) is 17.3 Å². The highest BCUT2D eigenvalue weighted by molar-refractivity contribution is 5.94. The number of rotatable bonds is 6. The quantitative estimate of drug-likeness (QED) is 0.683. The molecule has 1 heterocycles. The fraction of sp³-hybridized carbons (Fsp3) is 0.143. The number of carbonyl (C=O) groups excluding carboxylic acids is 1. The van der Waals surface area contributed by atoms with Gasteiger partial charge in [0.15, 0.2) is 0 Å². The molecule has 0 spiro atoms. The third kappa shape index (κ3) is 4.47. The molecule has 3 rings (SSSR count). The van der Waals surface area contributed by atoms with E-state index in [0.29, 0.717) is 24.3 Å². The van der Waals surface area contributed by atoms with Gasteiger partial charge in [0.2, 0.25) is 0 Å². The summed E-state index contributed by atoms with van der Waals surface area (Å²) in [5.74, 6) is -1.64. The third-order valence-electron chi connectivity index (χ3n) is 4.10. The van der Waals surface area contributed by atoms with E-state index in [-0.39, 0.29) is 11.6 Å². The summed E-state index contributed by atoms with van der Waals surface area (Å²) in [6.07, 6.45) is 2.86. The molecule has 0 aliphatic heterocycles. The summed E-state index contributed by atoms with van der Waals surface area (Å²) in [6, 6.07) is 14.8. The van der Waals surface area contributed by atoms with Crippen LogP contribution in [0, 0.1) is 11.6 Å². The lowest BCUT2D eigenvalue weighted by molar-refractivity contribution is 0.0752. The molecular formula is C21H19F2N3O. The predicted molar refractivity (Wildman–Crippen MR) is 101 cm³/mol. The molecule has 0 atom stereocenters. The molecule has 0 radical (unpaired) electrons. The van der Waals surface area contributed by atoms with Crippen molar-refractivity contribution in [3.05, 3.63) is 89.8 Å². The maximum Gasteiger partial charge on any atom is 0.255 e. The Morgan fingerprint density at radius 3 is 2.41 bits per heavy atom. The van der Waals surface area contributed by atoms with Crippen LogP contribution in [0.4, 0.5) is 20.2 Å². The first-order valence-electron chi connectivity index (χ1n) is 8.57. The number of nitrogens with zero attached hydrogens (tertiary/aromatic N) is 2. The number of hydrogen-bond donors (Lipinski definition) is 1. The summed E-state index contributed by atoms with van der Waals surface area (Å²) < 4.78 is 27.6. The lowest BCUT2D eigenvalue weighted by atomic mass is 10.1. The Bertz CT molecular complexity index is 911. The second-order valence-corrected chi connectivity index (χ2v) is 5.99. The van der Waals surface area contributed by atoms with Gasteiger partial charge >= 0.3 is 0 Å².